The van der Waals surface area contributed by atoms with Gasteiger partial charge in [-0.15, -0.1) is 0 Å². The van der Waals surface area contributed by atoms with Gasteiger partial charge in [-0.25, -0.2) is 22.9 Å². The third-order valence-electron chi connectivity index (χ3n) is 4.97. The number of nitrogens with one attached hydrogen (secondary N) is 1. The summed E-state index contributed by atoms with van der Waals surface area (Å²) in [5.74, 6) is 1.10. The van der Waals surface area contributed by atoms with Crippen molar-refractivity contribution in [3.8, 4) is 16.9 Å². The molecule has 1 amide bonds. The van der Waals surface area contributed by atoms with Crippen molar-refractivity contribution in [2.24, 2.45) is 0 Å². The Bertz CT molecular complexity index is 1400. The zero-order valence-electron chi connectivity index (χ0n) is 18.2. The Morgan fingerprint density at radius 2 is 1.70 bits per heavy atom. The molecule has 0 atom stereocenters. The average molecular weight is 466 g/mol. The van der Waals surface area contributed by atoms with Crippen LogP contribution in [0.2, 0.25) is 0 Å². The zero-order chi connectivity index (χ0) is 23.4. The largest absolute Gasteiger partial charge is 0.426 e. The zero-order valence-corrected chi connectivity index (χ0v) is 19.0. The standard InChI is InChI=1S/C24H23N3O5S/c1-31-16-23-25-20-8-4-5-9-21(20)27(23)15-17-11-13-18(14-12-17)19-7-3-6-10-22(19)32-24(28)26-33(2,29)30/h3-14H,15-16H2,1-2H3,(H,26,28). The van der Waals surface area contributed by atoms with E-state index in [1.165, 1.54) is 0 Å². The van der Waals surface area contributed by atoms with Gasteiger partial charge in [-0.3, -0.25) is 0 Å². The molecule has 0 radical (unpaired) electrons. The van der Waals surface area contributed by atoms with E-state index in [1.54, 1.807) is 30.0 Å². The molecule has 4 rings (SSSR count). The van der Waals surface area contributed by atoms with Crippen molar-refractivity contribution in [3.05, 3.63) is 84.2 Å². The van der Waals surface area contributed by atoms with E-state index in [0.29, 0.717) is 18.7 Å². The van der Waals surface area contributed by atoms with Gasteiger partial charge in [0.25, 0.3) is 0 Å². The van der Waals surface area contributed by atoms with E-state index in [-0.39, 0.29) is 5.75 Å². The Morgan fingerprint density at radius 3 is 2.42 bits per heavy atom. The van der Waals surface area contributed by atoms with Gasteiger partial charge in [-0.1, -0.05) is 54.6 Å². The average Bonchev–Trinajstić information content (AvgIpc) is 3.11. The second-order valence-corrected chi connectivity index (χ2v) is 9.24. The fourth-order valence-corrected chi connectivity index (χ4v) is 3.92. The normalized spacial score (nSPS) is 11.5. The maximum atomic E-state index is 11.9. The van der Waals surface area contributed by atoms with E-state index >= 15 is 0 Å². The molecule has 0 spiro atoms. The first-order chi connectivity index (χ1) is 15.8. The first-order valence-corrected chi connectivity index (χ1v) is 12.0. The van der Waals surface area contributed by atoms with Gasteiger partial charge in [0.15, 0.2) is 0 Å². The summed E-state index contributed by atoms with van der Waals surface area (Å²) in [7, 11) is -2.07. The van der Waals surface area contributed by atoms with Crippen LogP contribution in [0.15, 0.2) is 72.8 Å². The number of aromatic nitrogens is 2. The molecule has 0 saturated heterocycles. The number of fused-ring (bicyclic) bond motifs is 1. The highest BCUT2D eigenvalue weighted by Gasteiger charge is 2.15. The van der Waals surface area contributed by atoms with Crippen LogP contribution in [-0.4, -0.2) is 37.4 Å². The number of imidazole rings is 1. The van der Waals surface area contributed by atoms with Crippen molar-refractivity contribution in [1.29, 1.82) is 0 Å². The minimum atomic E-state index is -3.72. The van der Waals surface area contributed by atoms with Crippen LogP contribution >= 0.6 is 0 Å². The van der Waals surface area contributed by atoms with Crippen molar-refractivity contribution in [2.75, 3.05) is 13.4 Å². The predicted octanol–water partition coefficient (Wildman–Crippen LogP) is 3.95. The number of rotatable bonds is 7. The van der Waals surface area contributed by atoms with Gasteiger partial charge in [0.05, 0.1) is 17.3 Å². The molecule has 170 valence electrons. The van der Waals surface area contributed by atoms with E-state index in [4.69, 9.17) is 9.47 Å². The molecular weight excluding hydrogens is 442 g/mol. The molecule has 0 aliphatic heterocycles. The summed E-state index contributed by atoms with van der Waals surface area (Å²) in [6.45, 7) is 1.03. The summed E-state index contributed by atoms with van der Waals surface area (Å²) in [6, 6.07) is 22.7. The van der Waals surface area contributed by atoms with Crippen molar-refractivity contribution in [1.82, 2.24) is 14.3 Å². The summed E-state index contributed by atoms with van der Waals surface area (Å²) < 4.78 is 37.0. The van der Waals surface area contributed by atoms with Gasteiger partial charge < -0.3 is 14.0 Å². The van der Waals surface area contributed by atoms with Crippen LogP contribution in [0.1, 0.15) is 11.4 Å². The minimum Gasteiger partial charge on any atom is -0.409 e. The molecule has 1 aromatic heterocycles. The highest BCUT2D eigenvalue weighted by atomic mass is 32.2. The Morgan fingerprint density at radius 1 is 1.00 bits per heavy atom. The molecule has 1 N–H and O–H groups in total. The van der Waals surface area contributed by atoms with Crippen LogP contribution in [0.3, 0.4) is 0 Å². The third kappa shape index (κ3) is 5.39. The van der Waals surface area contributed by atoms with E-state index in [1.807, 2.05) is 54.6 Å². The Hall–Kier alpha value is -3.69. The number of nitrogens with zero attached hydrogens (tertiary/aromatic N) is 2. The number of methoxy groups -OCH3 is 1. The number of hydrogen-bond acceptors (Lipinski definition) is 6. The lowest BCUT2D eigenvalue weighted by atomic mass is 10.0. The molecule has 1 heterocycles. The molecule has 0 unspecified atom stereocenters. The molecule has 0 fully saturated rings. The van der Waals surface area contributed by atoms with Crippen molar-refractivity contribution in [2.45, 2.75) is 13.2 Å². The SMILES string of the molecule is COCc1nc2ccccc2n1Cc1ccc(-c2ccccc2OC(=O)NS(C)(=O)=O)cc1. The number of carbonyl (C=O) groups is 1. The molecular formula is C24H23N3O5S. The van der Waals surface area contributed by atoms with E-state index in [0.717, 1.165) is 34.2 Å². The highest BCUT2D eigenvalue weighted by molar-refractivity contribution is 7.89. The number of sulfonamides is 1. The fraction of sp³-hybridized carbons (Fsp3) is 0.167. The maximum absolute atomic E-state index is 11.9. The van der Waals surface area contributed by atoms with Crippen LogP contribution in [-0.2, 0) is 27.9 Å². The second-order valence-electron chi connectivity index (χ2n) is 7.49. The smallest absolute Gasteiger partial charge is 0.409 e. The first-order valence-electron chi connectivity index (χ1n) is 10.1. The van der Waals surface area contributed by atoms with Crippen LogP contribution in [0.25, 0.3) is 22.2 Å². The summed E-state index contributed by atoms with van der Waals surface area (Å²) >= 11 is 0. The topological polar surface area (TPSA) is 99.5 Å². The van der Waals surface area contributed by atoms with Crippen LogP contribution in [0, 0.1) is 0 Å². The number of hydrogen-bond donors (Lipinski definition) is 1. The maximum Gasteiger partial charge on any atom is 0.426 e. The van der Waals surface area contributed by atoms with Gasteiger partial charge >= 0.3 is 6.09 Å². The summed E-state index contributed by atoms with van der Waals surface area (Å²) in [5.41, 5.74) is 4.51. The van der Waals surface area contributed by atoms with Crippen molar-refractivity contribution in [3.63, 3.8) is 0 Å². The lowest BCUT2D eigenvalue weighted by Gasteiger charge is -2.12. The van der Waals surface area contributed by atoms with E-state index in [9.17, 15) is 13.2 Å². The lowest BCUT2D eigenvalue weighted by Crippen LogP contribution is -2.32. The molecule has 0 saturated carbocycles. The quantitative estimate of drug-likeness (QED) is 0.444. The second kappa shape index (κ2) is 9.43. The van der Waals surface area contributed by atoms with E-state index < -0.39 is 16.1 Å². The van der Waals surface area contributed by atoms with Crippen molar-refractivity contribution < 1.29 is 22.7 Å². The summed E-state index contributed by atoms with van der Waals surface area (Å²) in [4.78, 5) is 16.6. The number of ether oxygens (including phenoxy) is 2. The first kappa shape index (κ1) is 22.5. The minimum absolute atomic E-state index is 0.259. The Labute approximate surface area is 191 Å². The molecule has 9 heteroatoms. The number of benzene rings is 3. The van der Waals surface area contributed by atoms with Crippen molar-refractivity contribution >= 4 is 27.1 Å². The van der Waals surface area contributed by atoms with Gasteiger partial charge in [0.2, 0.25) is 10.0 Å². The van der Waals surface area contributed by atoms with Crippen LogP contribution < -0.4 is 9.46 Å². The highest BCUT2D eigenvalue weighted by Crippen LogP contribution is 2.30. The predicted molar refractivity (Wildman–Crippen MR) is 125 cm³/mol. The monoisotopic (exact) mass is 465 g/mol. The fourth-order valence-electron chi connectivity index (χ4n) is 3.58. The van der Waals surface area contributed by atoms with Crippen LogP contribution in [0.5, 0.6) is 5.75 Å². The number of carbonyl (C=O) groups excluding carboxylic acids is 1. The Balaban J connectivity index is 1.59. The van der Waals surface area contributed by atoms with E-state index in [2.05, 4.69) is 9.55 Å². The van der Waals surface area contributed by atoms with Gasteiger partial charge in [-0.05, 0) is 29.3 Å². The molecule has 0 aliphatic rings. The number of para-hydroxylation sites is 3. The molecule has 0 bridgehead atoms. The molecule has 33 heavy (non-hydrogen) atoms. The summed E-state index contributed by atoms with van der Waals surface area (Å²) in [6.07, 6.45) is -0.167. The Kier molecular flexibility index (Phi) is 6.43. The molecule has 3 aromatic carbocycles. The van der Waals surface area contributed by atoms with Gasteiger partial charge in [0.1, 0.15) is 18.2 Å². The number of amides is 1. The summed E-state index contributed by atoms with van der Waals surface area (Å²) in [5, 5.41) is 0. The molecule has 8 nitrogen and oxygen atoms in total. The van der Waals surface area contributed by atoms with Gasteiger partial charge in [-0.2, -0.15) is 0 Å². The lowest BCUT2D eigenvalue weighted by molar-refractivity contribution is 0.175. The third-order valence-corrected chi connectivity index (χ3v) is 5.51. The molecule has 0 aliphatic carbocycles. The molecule has 4 aromatic rings. The van der Waals surface area contributed by atoms with Crippen LogP contribution in [0.4, 0.5) is 4.79 Å². The van der Waals surface area contributed by atoms with Gasteiger partial charge in [0, 0.05) is 19.2 Å².